The van der Waals surface area contributed by atoms with Crippen LogP contribution in [0.1, 0.15) is 24.5 Å². The van der Waals surface area contributed by atoms with Gasteiger partial charge in [0.15, 0.2) is 0 Å². The molecule has 1 heterocycles. The molecular formula is C14H16F2N4O2. The molecule has 8 heteroatoms. The average molecular weight is 310 g/mol. The first-order valence-electron chi connectivity index (χ1n) is 6.80. The molecule has 2 N–H and O–H groups in total. The zero-order chi connectivity index (χ0) is 15.9. The Morgan fingerprint density at radius 2 is 2.09 bits per heavy atom. The molecule has 0 radical (unpaired) electrons. The number of nitrogens with one attached hydrogen (secondary N) is 1. The van der Waals surface area contributed by atoms with E-state index in [1.165, 1.54) is 6.07 Å². The minimum Gasteiger partial charge on any atom is -0.386 e. The van der Waals surface area contributed by atoms with E-state index in [0.29, 0.717) is 13.0 Å². The van der Waals surface area contributed by atoms with E-state index < -0.39 is 23.3 Å². The summed E-state index contributed by atoms with van der Waals surface area (Å²) in [7, 11) is 0. The van der Waals surface area contributed by atoms with Gasteiger partial charge in [-0.2, -0.15) is 0 Å². The molecular weight excluding hydrogens is 294 g/mol. The Balaban J connectivity index is 1.76. The second-order valence-electron chi connectivity index (χ2n) is 4.72. The van der Waals surface area contributed by atoms with Gasteiger partial charge in [-0.05, 0) is 18.6 Å². The van der Waals surface area contributed by atoms with Crippen molar-refractivity contribution in [2.45, 2.75) is 25.5 Å². The standard InChI is InChI=1S/C14H16F2N4O2/c15-10-3-1-4-11(16)14(10)12(21)9-17-13(22)5-2-7-20-8-6-18-19-20/h1,3-4,6,8,12,21H,2,5,7,9H2,(H,17,22). The summed E-state index contributed by atoms with van der Waals surface area (Å²) in [5.41, 5.74) is -0.439. The van der Waals surface area contributed by atoms with E-state index in [1.807, 2.05) is 0 Å². The minimum atomic E-state index is -1.43. The van der Waals surface area contributed by atoms with E-state index in [-0.39, 0.29) is 18.9 Å². The summed E-state index contributed by atoms with van der Waals surface area (Å²) in [6.45, 7) is 0.290. The molecule has 6 nitrogen and oxygen atoms in total. The first-order valence-corrected chi connectivity index (χ1v) is 6.80. The number of hydrogen-bond acceptors (Lipinski definition) is 4. The van der Waals surface area contributed by atoms with Crippen molar-refractivity contribution < 1.29 is 18.7 Å². The van der Waals surface area contributed by atoms with Gasteiger partial charge in [-0.15, -0.1) is 5.10 Å². The largest absolute Gasteiger partial charge is 0.386 e. The second kappa shape index (κ2) is 7.60. The number of carbonyl (C=O) groups is 1. The summed E-state index contributed by atoms with van der Waals surface area (Å²) in [5, 5.41) is 19.6. The highest BCUT2D eigenvalue weighted by Gasteiger charge is 2.18. The van der Waals surface area contributed by atoms with Crippen LogP contribution in [0.15, 0.2) is 30.6 Å². The van der Waals surface area contributed by atoms with Gasteiger partial charge < -0.3 is 10.4 Å². The molecule has 1 unspecified atom stereocenters. The third-order valence-electron chi connectivity index (χ3n) is 3.09. The number of hydrogen-bond donors (Lipinski definition) is 2. The fourth-order valence-electron chi connectivity index (χ4n) is 1.98. The molecule has 22 heavy (non-hydrogen) atoms. The Morgan fingerprint density at radius 3 is 2.73 bits per heavy atom. The highest BCUT2D eigenvalue weighted by atomic mass is 19.1. The lowest BCUT2D eigenvalue weighted by molar-refractivity contribution is -0.121. The van der Waals surface area contributed by atoms with Crippen molar-refractivity contribution in [1.82, 2.24) is 20.3 Å². The zero-order valence-electron chi connectivity index (χ0n) is 11.7. The third-order valence-corrected chi connectivity index (χ3v) is 3.09. The topological polar surface area (TPSA) is 80.0 Å². The fraction of sp³-hybridized carbons (Fsp3) is 0.357. The van der Waals surface area contributed by atoms with Gasteiger partial charge in [-0.1, -0.05) is 11.3 Å². The van der Waals surface area contributed by atoms with Crippen LogP contribution >= 0.6 is 0 Å². The number of aromatic nitrogens is 3. The Kier molecular flexibility index (Phi) is 5.54. The maximum absolute atomic E-state index is 13.5. The molecule has 2 rings (SSSR count). The van der Waals surface area contributed by atoms with Gasteiger partial charge in [-0.3, -0.25) is 9.48 Å². The van der Waals surface area contributed by atoms with E-state index in [0.717, 1.165) is 12.1 Å². The Morgan fingerprint density at radius 1 is 1.36 bits per heavy atom. The lowest BCUT2D eigenvalue weighted by Crippen LogP contribution is -2.29. The van der Waals surface area contributed by atoms with Gasteiger partial charge in [0.2, 0.25) is 5.91 Å². The van der Waals surface area contributed by atoms with Crippen LogP contribution in [0, 0.1) is 11.6 Å². The van der Waals surface area contributed by atoms with Gasteiger partial charge in [0.1, 0.15) is 17.7 Å². The van der Waals surface area contributed by atoms with Crippen molar-refractivity contribution >= 4 is 5.91 Å². The predicted octanol–water partition coefficient (Wildman–Crippen LogP) is 1.19. The molecule has 1 aromatic carbocycles. The molecule has 0 bridgehead atoms. The molecule has 0 aliphatic rings. The molecule has 0 saturated carbocycles. The summed E-state index contributed by atoms with van der Waals surface area (Å²) in [6, 6.07) is 3.33. The number of nitrogens with zero attached hydrogens (tertiary/aromatic N) is 3. The van der Waals surface area contributed by atoms with Crippen LogP contribution in [0.4, 0.5) is 8.78 Å². The highest BCUT2D eigenvalue weighted by Crippen LogP contribution is 2.19. The molecule has 0 spiro atoms. The number of rotatable bonds is 7. The molecule has 1 amide bonds. The molecule has 118 valence electrons. The van der Waals surface area contributed by atoms with Crippen LogP contribution in [-0.4, -0.2) is 32.6 Å². The van der Waals surface area contributed by atoms with Crippen LogP contribution in [0.2, 0.25) is 0 Å². The lowest BCUT2D eigenvalue weighted by atomic mass is 10.1. The normalized spacial score (nSPS) is 12.1. The number of carbonyl (C=O) groups excluding carboxylic acids is 1. The SMILES string of the molecule is O=C(CCCn1ccnn1)NCC(O)c1c(F)cccc1F. The lowest BCUT2D eigenvalue weighted by Gasteiger charge is -2.13. The fourth-order valence-corrected chi connectivity index (χ4v) is 1.98. The molecule has 0 aliphatic carbocycles. The smallest absolute Gasteiger partial charge is 0.220 e. The van der Waals surface area contributed by atoms with Crippen molar-refractivity contribution in [3.05, 3.63) is 47.8 Å². The summed E-state index contributed by atoms with van der Waals surface area (Å²) in [6.07, 6.45) is 2.55. The van der Waals surface area contributed by atoms with E-state index in [9.17, 15) is 18.7 Å². The minimum absolute atomic E-state index is 0.215. The number of halogens is 2. The van der Waals surface area contributed by atoms with Gasteiger partial charge in [-0.25, -0.2) is 8.78 Å². The third kappa shape index (κ3) is 4.32. The predicted molar refractivity (Wildman–Crippen MR) is 73.6 cm³/mol. The van der Waals surface area contributed by atoms with Gasteiger partial charge in [0, 0.05) is 25.7 Å². The summed E-state index contributed by atoms with van der Waals surface area (Å²) in [5.74, 6) is -1.99. The number of aliphatic hydroxyl groups excluding tert-OH is 1. The van der Waals surface area contributed by atoms with E-state index in [1.54, 1.807) is 17.1 Å². The highest BCUT2D eigenvalue weighted by molar-refractivity contribution is 5.75. The van der Waals surface area contributed by atoms with Crippen LogP contribution in [-0.2, 0) is 11.3 Å². The molecule has 1 aromatic heterocycles. The molecule has 0 aliphatic heterocycles. The van der Waals surface area contributed by atoms with E-state index >= 15 is 0 Å². The van der Waals surface area contributed by atoms with Crippen LogP contribution in [0.5, 0.6) is 0 Å². The van der Waals surface area contributed by atoms with E-state index in [4.69, 9.17) is 0 Å². The molecule has 0 saturated heterocycles. The first-order chi connectivity index (χ1) is 10.6. The quantitative estimate of drug-likeness (QED) is 0.805. The Bertz CT molecular complexity index is 599. The van der Waals surface area contributed by atoms with Crippen molar-refractivity contribution in [3.63, 3.8) is 0 Å². The van der Waals surface area contributed by atoms with Crippen molar-refractivity contribution in [2.24, 2.45) is 0 Å². The molecule has 2 aromatic rings. The molecule has 1 atom stereocenters. The number of aliphatic hydroxyl groups is 1. The monoisotopic (exact) mass is 310 g/mol. The number of benzene rings is 1. The molecule has 0 fully saturated rings. The summed E-state index contributed by atoms with van der Waals surface area (Å²) in [4.78, 5) is 11.6. The average Bonchev–Trinajstić information content (AvgIpc) is 2.98. The van der Waals surface area contributed by atoms with Crippen LogP contribution in [0.25, 0.3) is 0 Å². The van der Waals surface area contributed by atoms with Crippen molar-refractivity contribution in [3.8, 4) is 0 Å². The number of amides is 1. The van der Waals surface area contributed by atoms with Gasteiger partial charge >= 0.3 is 0 Å². The maximum atomic E-state index is 13.5. The van der Waals surface area contributed by atoms with Crippen LogP contribution in [0.3, 0.4) is 0 Å². The second-order valence-corrected chi connectivity index (χ2v) is 4.72. The summed E-state index contributed by atoms with van der Waals surface area (Å²) < 4.78 is 28.5. The number of aryl methyl sites for hydroxylation is 1. The maximum Gasteiger partial charge on any atom is 0.220 e. The van der Waals surface area contributed by atoms with E-state index in [2.05, 4.69) is 15.6 Å². The van der Waals surface area contributed by atoms with Crippen molar-refractivity contribution in [1.29, 1.82) is 0 Å². The first kappa shape index (κ1) is 16.0. The van der Waals surface area contributed by atoms with Gasteiger partial charge in [0.25, 0.3) is 0 Å². The van der Waals surface area contributed by atoms with Gasteiger partial charge in [0.05, 0.1) is 11.8 Å². The van der Waals surface area contributed by atoms with Crippen molar-refractivity contribution in [2.75, 3.05) is 6.54 Å². The zero-order valence-corrected chi connectivity index (χ0v) is 11.7. The Labute approximate surface area is 125 Å². The van der Waals surface area contributed by atoms with Crippen LogP contribution < -0.4 is 5.32 Å². The Hall–Kier alpha value is -2.35. The summed E-state index contributed by atoms with van der Waals surface area (Å²) >= 11 is 0.